The molecule has 0 aliphatic rings. The molecule has 130 valence electrons. The average Bonchev–Trinajstić information content (AvgIpc) is 3.14. The molecular formula is C17H17N3O3S2. The van der Waals surface area contributed by atoms with E-state index in [1.807, 2.05) is 30.5 Å². The molecule has 0 spiro atoms. The minimum Gasteiger partial charge on any atom is -0.475 e. The van der Waals surface area contributed by atoms with Gasteiger partial charge in [-0.1, -0.05) is 23.8 Å². The highest BCUT2D eigenvalue weighted by atomic mass is 32.2. The van der Waals surface area contributed by atoms with Crippen LogP contribution in [-0.2, 0) is 10.0 Å². The lowest BCUT2D eigenvalue weighted by Gasteiger charge is -2.08. The van der Waals surface area contributed by atoms with Gasteiger partial charge in [0, 0.05) is 12.6 Å². The molecule has 0 radical (unpaired) electrons. The molecule has 1 aromatic carbocycles. The number of aryl methyl sites for hydroxylation is 1. The summed E-state index contributed by atoms with van der Waals surface area (Å²) in [7, 11) is -3.53. The molecule has 3 aromatic rings. The first-order chi connectivity index (χ1) is 12.0. The first kappa shape index (κ1) is 17.5. The smallest absolute Gasteiger partial charge is 0.240 e. The number of nitrogens with one attached hydrogen (secondary N) is 1. The van der Waals surface area contributed by atoms with Gasteiger partial charge in [-0.3, -0.25) is 0 Å². The van der Waals surface area contributed by atoms with Gasteiger partial charge in [-0.15, -0.1) is 21.5 Å². The molecule has 0 unspecified atom stereocenters. The summed E-state index contributed by atoms with van der Waals surface area (Å²) in [5.41, 5.74) is 1.79. The van der Waals surface area contributed by atoms with Crippen molar-refractivity contribution in [3.8, 4) is 16.5 Å². The van der Waals surface area contributed by atoms with E-state index in [4.69, 9.17) is 4.74 Å². The van der Waals surface area contributed by atoms with Crippen molar-refractivity contribution in [1.29, 1.82) is 0 Å². The molecule has 0 aliphatic heterocycles. The Morgan fingerprint density at radius 2 is 1.88 bits per heavy atom. The highest BCUT2D eigenvalue weighted by Gasteiger charge is 2.12. The van der Waals surface area contributed by atoms with Crippen LogP contribution in [0.15, 0.2) is 58.8 Å². The Hall–Kier alpha value is -2.29. The summed E-state index contributed by atoms with van der Waals surface area (Å²) in [4.78, 5) is 1.27. The summed E-state index contributed by atoms with van der Waals surface area (Å²) in [5.74, 6) is 0.356. The first-order valence-corrected chi connectivity index (χ1v) is 9.98. The van der Waals surface area contributed by atoms with Gasteiger partial charge in [-0.05, 0) is 36.6 Å². The van der Waals surface area contributed by atoms with E-state index in [9.17, 15) is 8.42 Å². The fourth-order valence-electron chi connectivity index (χ4n) is 2.09. The van der Waals surface area contributed by atoms with E-state index in [1.165, 1.54) is 0 Å². The third-order valence-corrected chi connectivity index (χ3v) is 5.76. The monoisotopic (exact) mass is 375 g/mol. The maximum atomic E-state index is 12.1. The number of benzene rings is 1. The normalized spacial score (nSPS) is 11.4. The zero-order chi connectivity index (χ0) is 17.7. The Morgan fingerprint density at radius 3 is 2.52 bits per heavy atom. The molecule has 2 aromatic heterocycles. The molecular weight excluding hydrogens is 358 g/mol. The summed E-state index contributed by atoms with van der Waals surface area (Å²) < 4.78 is 32.2. The number of nitrogens with zero attached hydrogens (tertiary/aromatic N) is 2. The fraction of sp³-hybridized carbons (Fsp3) is 0.176. The molecule has 25 heavy (non-hydrogen) atoms. The quantitative estimate of drug-likeness (QED) is 0.642. The number of sulfonamides is 1. The Labute approximate surface area is 150 Å². The Morgan fingerprint density at radius 1 is 1.08 bits per heavy atom. The van der Waals surface area contributed by atoms with Gasteiger partial charge < -0.3 is 4.74 Å². The van der Waals surface area contributed by atoms with E-state index in [1.54, 1.807) is 41.7 Å². The number of rotatable bonds is 7. The Bertz CT molecular complexity index is 907. The van der Waals surface area contributed by atoms with Crippen LogP contribution < -0.4 is 9.46 Å². The minimum atomic E-state index is -3.53. The minimum absolute atomic E-state index is 0.143. The molecule has 0 fully saturated rings. The SMILES string of the molecule is Cc1ccc(S(=O)(=O)NCCOc2ccc(-c3cccs3)nn2)cc1. The molecule has 0 amide bonds. The van der Waals surface area contributed by atoms with Crippen molar-refractivity contribution in [3.63, 3.8) is 0 Å². The molecule has 0 saturated heterocycles. The second-order valence-electron chi connectivity index (χ2n) is 5.29. The molecule has 3 rings (SSSR count). The summed E-state index contributed by atoms with van der Waals surface area (Å²) in [6.45, 7) is 2.21. The number of hydrogen-bond acceptors (Lipinski definition) is 6. The van der Waals surface area contributed by atoms with Crippen molar-refractivity contribution >= 4 is 21.4 Å². The van der Waals surface area contributed by atoms with Crippen LogP contribution in [-0.4, -0.2) is 31.8 Å². The highest BCUT2D eigenvalue weighted by Crippen LogP contribution is 2.22. The van der Waals surface area contributed by atoms with Crippen LogP contribution in [0.2, 0.25) is 0 Å². The van der Waals surface area contributed by atoms with Gasteiger partial charge in [-0.25, -0.2) is 13.1 Å². The Kier molecular flexibility index (Phi) is 5.42. The largest absolute Gasteiger partial charge is 0.475 e. The predicted molar refractivity (Wildman–Crippen MR) is 97.2 cm³/mol. The van der Waals surface area contributed by atoms with E-state index in [0.29, 0.717) is 5.88 Å². The van der Waals surface area contributed by atoms with Crippen molar-refractivity contribution in [3.05, 3.63) is 59.5 Å². The van der Waals surface area contributed by atoms with Crippen molar-refractivity contribution in [2.45, 2.75) is 11.8 Å². The zero-order valence-electron chi connectivity index (χ0n) is 13.5. The number of hydrogen-bond donors (Lipinski definition) is 1. The van der Waals surface area contributed by atoms with Gasteiger partial charge >= 0.3 is 0 Å². The number of thiophene rings is 1. The van der Waals surface area contributed by atoms with Gasteiger partial charge in [0.05, 0.1) is 9.77 Å². The molecule has 1 N–H and O–H groups in total. The lowest BCUT2D eigenvalue weighted by molar-refractivity contribution is 0.307. The summed E-state index contributed by atoms with van der Waals surface area (Å²) in [6, 6.07) is 14.1. The van der Waals surface area contributed by atoms with Crippen LogP contribution in [0.5, 0.6) is 5.88 Å². The van der Waals surface area contributed by atoms with E-state index in [2.05, 4.69) is 14.9 Å². The summed E-state index contributed by atoms with van der Waals surface area (Å²) in [5, 5.41) is 10.1. The van der Waals surface area contributed by atoms with Crippen molar-refractivity contribution in [1.82, 2.24) is 14.9 Å². The predicted octanol–water partition coefficient (Wildman–Crippen LogP) is 2.87. The summed E-state index contributed by atoms with van der Waals surface area (Å²) >= 11 is 1.58. The van der Waals surface area contributed by atoms with Crippen LogP contribution in [0, 0.1) is 6.92 Å². The highest BCUT2D eigenvalue weighted by molar-refractivity contribution is 7.89. The van der Waals surface area contributed by atoms with E-state index in [0.717, 1.165) is 16.1 Å². The molecule has 2 heterocycles. The molecule has 0 saturated carbocycles. The molecule has 6 nitrogen and oxygen atoms in total. The lowest BCUT2D eigenvalue weighted by Crippen LogP contribution is -2.28. The molecule has 8 heteroatoms. The molecule has 0 bridgehead atoms. The number of aromatic nitrogens is 2. The molecule has 0 aliphatic carbocycles. The summed E-state index contributed by atoms with van der Waals surface area (Å²) in [6.07, 6.45) is 0. The van der Waals surface area contributed by atoms with Gasteiger partial charge in [0.1, 0.15) is 12.3 Å². The van der Waals surface area contributed by atoms with Crippen LogP contribution in [0.1, 0.15) is 5.56 Å². The van der Waals surface area contributed by atoms with Gasteiger partial charge in [0.25, 0.3) is 0 Å². The van der Waals surface area contributed by atoms with Crippen LogP contribution in [0.25, 0.3) is 10.6 Å². The van der Waals surface area contributed by atoms with Gasteiger partial charge in [0.2, 0.25) is 15.9 Å². The zero-order valence-corrected chi connectivity index (χ0v) is 15.2. The maximum absolute atomic E-state index is 12.1. The fourth-order valence-corrected chi connectivity index (χ4v) is 3.79. The number of ether oxygens (including phenoxy) is 1. The first-order valence-electron chi connectivity index (χ1n) is 7.61. The third kappa shape index (κ3) is 4.62. The van der Waals surface area contributed by atoms with E-state index < -0.39 is 10.0 Å². The van der Waals surface area contributed by atoms with Crippen LogP contribution in [0.3, 0.4) is 0 Å². The lowest BCUT2D eigenvalue weighted by atomic mass is 10.2. The average molecular weight is 375 g/mol. The second kappa shape index (κ2) is 7.73. The van der Waals surface area contributed by atoms with Crippen molar-refractivity contribution in [2.75, 3.05) is 13.2 Å². The van der Waals surface area contributed by atoms with Gasteiger partial charge in [-0.2, -0.15) is 0 Å². The van der Waals surface area contributed by atoms with E-state index in [-0.39, 0.29) is 18.0 Å². The molecule has 0 atom stereocenters. The van der Waals surface area contributed by atoms with E-state index >= 15 is 0 Å². The van der Waals surface area contributed by atoms with Gasteiger partial charge in [0.15, 0.2) is 0 Å². The standard InChI is InChI=1S/C17H17N3O3S2/c1-13-4-6-14(7-5-13)25(21,22)18-10-11-23-17-9-8-15(19-20-17)16-3-2-12-24-16/h2-9,12,18H,10-11H2,1H3. The van der Waals surface area contributed by atoms with Crippen molar-refractivity contribution in [2.24, 2.45) is 0 Å². The third-order valence-electron chi connectivity index (χ3n) is 3.39. The second-order valence-corrected chi connectivity index (χ2v) is 8.01. The Balaban J connectivity index is 1.50. The maximum Gasteiger partial charge on any atom is 0.240 e. The van der Waals surface area contributed by atoms with Crippen LogP contribution >= 0.6 is 11.3 Å². The van der Waals surface area contributed by atoms with Crippen LogP contribution in [0.4, 0.5) is 0 Å². The topological polar surface area (TPSA) is 81.2 Å². The van der Waals surface area contributed by atoms with Crippen molar-refractivity contribution < 1.29 is 13.2 Å².